The van der Waals surface area contributed by atoms with E-state index < -0.39 is 0 Å². The number of fused-ring (bicyclic) bond motifs is 2. The molecule has 2 atom stereocenters. The van der Waals surface area contributed by atoms with Gasteiger partial charge >= 0.3 is 0 Å². The Hall–Kier alpha value is -1.36. The van der Waals surface area contributed by atoms with E-state index in [1.807, 2.05) is 12.1 Å². The summed E-state index contributed by atoms with van der Waals surface area (Å²) in [6, 6.07) is 14.5. The monoisotopic (exact) mass is 359 g/mol. The lowest BCUT2D eigenvalue weighted by molar-refractivity contribution is 0.163. The molecule has 2 N–H and O–H groups in total. The van der Waals surface area contributed by atoms with Crippen LogP contribution in [0.25, 0.3) is 10.1 Å². The molecule has 3 aromatic rings. The molecule has 1 aliphatic heterocycles. The number of thiophene rings is 1. The summed E-state index contributed by atoms with van der Waals surface area (Å²) in [5.74, 6) is 0.900. The number of nitrogens with two attached hydrogens (primary N) is 1. The first kappa shape index (κ1) is 13.3. The first-order valence-corrected chi connectivity index (χ1v) is 8.57. The Balaban J connectivity index is 1.76. The van der Waals surface area contributed by atoms with Crippen LogP contribution < -0.4 is 10.5 Å². The zero-order chi connectivity index (χ0) is 14.4. The Morgan fingerprint density at radius 3 is 2.90 bits per heavy atom. The molecule has 0 amide bonds. The molecule has 0 saturated heterocycles. The van der Waals surface area contributed by atoms with Gasteiger partial charge in [-0.15, -0.1) is 11.3 Å². The van der Waals surface area contributed by atoms with Crippen LogP contribution in [0.2, 0.25) is 0 Å². The van der Waals surface area contributed by atoms with Gasteiger partial charge in [0.25, 0.3) is 0 Å². The Labute approximate surface area is 135 Å². The van der Waals surface area contributed by atoms with Gasteiger partial charge in [0.2, 0.25) is 0 Å². The van der Waals surface area contributed by atoms with Gasteiger partial charge in [0.15, 0.2) is 0 Å². The molecule has 2 unspecified atom stereocenters. The minimum absolute atomic E-state index is 0.00918. The van der Waals surface area contributed by atoms with Gasteiger partial charge in [-0.05, 0) is 35.0 Å². The predicted octanol–water partition coefficient (Wildman–Crippen LogP) is 5.19. The van der Waals surface area contributed by atoms with Gasteiger partial charge in [-0.3, -0.25) is 0 Å². The number of hydrogen-bond donors (Lipinski definition) is 1. The SMILES string of the molecule is NC1CC(c2csc3ccccc23)Oc2ccc(Br)cc21. The average molecular weight is 360 g/mol. The highest BCUT2D eigenvalue weighted by Gasteiger charge is 2.28. The molecule has 106 valence electrons. The van der Waals surface area contributed by atoms with Gasteiger partial charge in [-0.2, -0.15) is 0 Å². The van der Waals surface area contributed by atoms with E-state index in [0.717, 1.165) is 22.2 Å². The van der Waals surface area contributed by atoms with E-state index in [1.165, 1.54) is 15.6 Å². The lowest BCUT2D eigenvalue weighted by atomic mass is 9.93. The van der Waals surface area contributed by atoms with Crippen molar-refractivity contribution in [3.05, 3.63) is 63.4 Å². The fourth-order valence-electron chi connectivity index (χ4n) is 2.91. The Bertz CT molecular complexity index is 813. The third-order valence-corrected chi connectivity index (χ3v) is 5.44. The van der Waals surface area contributed by atoms with E-state index in [9.17, 15) is 0 Å². The highest BCUT2D eigenvalue weighted by molar-refractivity contribution is 9.10. The van der Waals surface area contributed by atoms with Gasteiger partial charge < -0.3 is 10.5 Å². The molecule has 2 aromatic carbocycles. The number of hydrogen-bond acceptors (Lipinski definition) is 3. The standard InChI is InChI=1S/C17H14BrNOS/c18-10-5-6-15-12(7-10)14(19)8-16(20-15)13-9-21-17-4-2-1-3-11(13)17/h1-7,9,14,16H,8,19H2. The van der Waals surface area contributed by atoms with Crippen molar-refractivity contribution in [2.45, 2.75) is 18.6 Å². The van der Waals surface area contributed by atoms with Crippen LogP contribution in [0.1, 0.15) is 29.7 Å². The normalized spacial score (nSPS) is 21.0. The minimum atomic E-state index is 0.00918. The fourth-order valence-corrected chi connectivity index (χ4v) is 4.29. The van der Waals surface area contributed by atoms with Gasteiger partial charge in [0.05, 0.1) is 0 Å². The largest absolute Gasteiger partial charge is 0.485 e. The smallest absolute Gasteiger partial charge is 0.127 e. The summed E-state index contributed by atoms with van der Waals surface area (Å²) in [7, 11) is 0. The van der Waals surface area contributed by atoms with E-state index in [4.69, 9.17) is 10.5 Å². The molecular weight excluding hydrogens is 346 g/mol. The summed E-state index contributed by atoms with van der Waals surface area (Å²) in [4.78, 5) is 0. The molecule has 2 nitrogen and oxygen atoms in total. The molecule has 0 aliphatic carbocycles. The molecule has 4 rings (SSSR count). The van der Waals surface area contributed by atoms with Crippen LogP contribution >= 0.6 is 27.3 Å². The summed E-state index contributed by atoms with van der Waals surface area (Å²) in [5, 5.41) is 3.48. The molecule has 2 heterocycles. The molecule has 0 saturated carbocycles. The third kappa shape index (κ3) is 2.27. The van der Waals surface area contributed by atoms with E-state index in [2.05, 4.69) is 51.6 Å². The van der Waals surface area contributed by atoms with Crippen LogP contribution in [0.3, 0.4) is 0 Å². The molecular formula is C17H14BrNOS. The Kier molecular flexibility index (Phi) is 3.25. The van der Waals surface area contributed by atoms with E-state index in [0.29, 0.717) is 0 Å². The van der Waals surface area contributed by atoms with E-state index in [-0.39, 0.29) is 12.1 Å². The van der Waals surface area contributed by atoms with Gasteiger partial charge in [0, 0.05) is 32.8 Å². The fraction of sp³-hybridized carbons (Fsp3) is 0.176. The molecule has 21 heavy (non-hydrogen) atoms. The number of halogens is 1. The maximum absolute atomic E-state index is 6.36. The van der Waals surface area contributed by atoms with Crippen LogP contribution in [0.4, 0.5) is 0 Å². The summed E-state index contributed by atoms with van der Waals surface area (Å²) in [6.45, 7) is 0. The summed E-state index contributed by atoms with van der Waals surface area (Å²) in [5.41, 5.74) is 8.69. The van der Waals surface area contributed by atoms with Crippen molar-refractivity contribution in [3.8, 4) is 5.75 Å². The van der Waals surface area contributed by atoms with E-state index in [1.54, 1.807) is 11.3 Å². The second-order valence-electron chi connectivity index (χ2n) is 5.32. The summed E-state index contributed by atoms with van der Waals surface area (Å²) >= 11 is 5.26. The van der Waals surface area contributed by atoms with Crippen LogP contribution in [-0.2, 0) is 0 Å². The zero-order valence-corrected chi connectivity index (χ0v) is 13.7. The maximum Gasteiger partial charge on any atom is 0.127 e. The van der Waals surface area contributed by atoms with Crippen LogP contribution in [0.5, 0.6) is 5.75 Å². The first-order valence-electron chi connectivity index (χ1n) is 6.90. The number of ether oxygens (including phenoxy) is 1. The summed E-state index contributed by atoms with van der Waals surface area (Å²) < 4.78 is 8.55. The van der Waals surface area contributed by atoms with Gasteiger partial charge in [0.1, 0.15) is 11.9 Å². The lowest BCUT2D eigenvalue weighted by Crippen LogP contribution is -2.24. The van der Waals surface area contributed by atoms with Crippen molar-refractivity contribution in [3.63, 3.8) is 0 Å². The van der Waals surface area contributed by atoms with Crippen LogP contribution in [0, 0.1) is 0 Å². The summed E-state index contributed by atoms with van der Waals surface area (Å²) in [6.07, 6.45) is 0.842. The molecule has 0 spiro atoms. The molecule has 0 radical (unpaired) electrons. The number of rotatable bonds is 1. The van der Waals surface area contributed by atoms with E-state index >= 15 is 0 Å². The van der Waals surface area contributed by atoms with Crippen molar-refractivity contribution < 1.29 is 4.74 Å². The molecule has 4 heteroatoms. The second-order valence-corrected chi connectivity index (χ2v) is 7.14. The van der Waals surface area contributed by atoms with Crippen LogP contribution in [0.15, 0.2) is 52.3 Å². The third-order valence-electron chi connectivity index (χ3n) is 3.97. The number of benzene rings is 2. The van der Waals surface area contributed by atoms with Crippen molar-refractivity contribution >= 4 is 37.4 Å². The Morgan fingerprint density at radius 2 is 2.00 bits per heavy atom. The first-order chi connectivity index (χ1) is 10.2. The maximum atomic E-state index is 6.36. The van der Waals surface area contributed by atoms with Gasteiger partial charge in [-0.25, -0.2) is 0 Å². The quantitative estimate of drug-likeness (QED) is 0.648. The zero-order valence-electron chi connectivity index (χ0n) is 11.3. The predicted molar refractivity (Wildman–Crippen MR) is 90.9 cm³/mol. The van der Waals surface area contributed by atoms with Crippen LogP contribution in [-0.4, -0.2) is 0 Å². The molecule has 0 fully saturated rings. The van der Waals surface area contributed by atoms with Crippen molar-refractivity contribution in [2.75, 3.05) is 0 Å². The highest BCUT2D eigenvalue weighted by Crippen LogP contribution is 2.43. The molecule has 1 aliphatic rings. The molecule has 1 aromatic heterocycles. The topological polar surface area (TPSA) is 35.2 Å². The average Bonchev–Trinajstić information content (AvgIpc) is 2.92. The highest BCUT2D eigenvalue weighted by atomic mass is 79.9. The lowest BCUT2D eigenvalue weighted by Gasteiger charge is -2.30. The van der Waals surface area contributed by atoms with Crippen molar-refractivity contribution in [1.29, 1.82) is 0 Å². The Morgan fingerprint density at radius 1 is 1.14 bits per heavy atom. The van der Waals surface area contributed by atoms with Crippen molar-refractivity contribution in [2.24, 2.45) is 5.73 Å². The second kappa shape index (κ2) is 5.13. The van der Waals surface area contributed by atoms with Gasteiger partial charge in [-0.1, -0.05) is 34.1 Å². The minimum Gasteiger partial charge on any atom is -0.485 e. The molecule has 0 bridgehead atoms. The van der Waals surface area contributed by atoms with Crippen molar-refractivity contribution in [1.82, 2.24) is 0 Å².